The maximum Gasteiger partial charge on any atom is 0.303 e. The van der Waals surface area contributed by atoms with Gasteiger partial charge in [0.25, 0.3) is 5.91 Å². The van der Waals surface area contributed by atoms with E-state index in [1.807, 2.05) is 0 Å². The first kappa shape index (κ1) is 19.4. The molecule has 1 aliphatic rings. The summed E-state index contributed by atoms with van der Waals surface area (Å²) < 4.78 is 31.8. The lowest BCUT2D eigenvalue weighted by atomic mass is 10.2. The number of amides is 1. The quantitative estimate of drug-likeness (QED) is 0.755. The maximum absolute atomic E-state index is 12.7. The van der Waals surface area contributed by atoms with Crippen molar-refractivity contribution in [2.75, 3.05) is 39.9 Å². The van der Waals surface area contributed by atoms with E-state index in [0.717, 1.165) is 0 Å². The smallest absolute Gasteiger partial charge is 0.303 e. The van der Waals surface area contributed by atoms with Crippen molar-refractivity contribution < 1.29 is 27.9 Å². The third-order valence-electron chi connectivity index (χ3n) is 3.92. The van der Waals surface area contributed by atoms with Gasteiger partial charge in [-0.2, -0.15) is 4.31 Å². The van der Waals surface area contributed by atoms with Gasteiger partial charge in [-0.05, 0) is 24.6 Å². The van der Waals surface area contributed by atoms with E-state index < -0.39 is 16.0 Å². The van der Waals surface area contributed by atoms with Crippen molar-refractivity contribution in [2.45, 2.75) is 17.7 Å². The minimum atomic E-state index is -3.67. The monoisotopic (exact) mass is 370 g/mol. The van der Waals surface area contributed by atoms with Gasteiger partial charge in [-0.1, -0.05) is 6.07 Å². The van der Waals surface area contributed by atoms with Crippen LogP contribution in [0.15, 0.2) is 29.2 Å². The van der Waals surface area contributed by atoms with Crippen molar-refractivity contribution in [3.05, 3.63) is 29.8 Å². The Kier molecular flexibility index (Phi) is 6.51. The number of hydrogen-bond acceptors (Lipinski definition) is 5. The summed E-state index contributed by atoms with van der Waals surface area (Å²) in [5.41, 5.74) is 0.257. The summed E-state index contributed by atoms with van der Waals surface area (Å²) >= 11 is 0. The van der Waals surface area contributed by atoms with E-state index in [1.54, 1.807) is 13.1 Å². The van der Waals surface area contributed by atoms with Crippen LogP contribution in [-0.2, 0) is 19.6 Å². The van der Waals surface area contributed by atoms with Crippen molar-refractivity contribution in [3.8, 4) is 0 Å². The van der Waals surface area contributed by atoms with Crippen LogP contribution >= 0.6 is 0 Å². The molecular weight excluding hydrogens is 348 g/mol. The van der Waals surface area contributed by atoms with E-state index in [0.29, 0.717) is 19.6 Å². The van der Waals surface area contributed by atoms with Gasteiger partial charge in [0, 0.05) is 38.7 Å². The minimum Gasteiger partial charge on any atom is -0.481 e. The second kappa shape index (κ2) is 8.41. The lowest BCUT2D eigenvalue weighted by Crippen LogP contribution is -2.40. The molecule has 1 N–H and O–H groups in total. The fraction of sp³-hybridized carbons (Fsp3) is 0.500. The Morgan fingerprint density at radius 2 is 1.96 bits per heavy atom. The lowest BCUT2D eigenvalue weighted by molar-refractivity contribution is -0.137. The molecule has 0 aromatic heterocycles. The second-order valence-electron chi connectivity index (χ2n) is 5.77. The third kappa shape index (κ3) is 5.00. The summed E-state index contributed by atoms with van der Waals surface area (Å²) in [4.78, 5) is 24.4. The van der Waals surface area contributed by atoms with Crippen LogP contribution in [0.5, 0.6) is 0 Å². The summed E-state index contributed by atoms with van der Waals surface area (Å²) in [7, 11) is -2.10. The molecule has 25 heavy (non-hydrogen) atoms. The van der Waals surface area contributed by atoms with Crippen LogP contribution in [0, 0.1) is 0 Å². The molecule has 138 valence electrons. The number of carbonyl (C=O) groups is 2. The molecule has 1 aliphatic heterocycles. The normalized spacial score (nSPS) is 15.7. The first-order valence-electron chi connectivity index (χ1n) is 7.97. The Morgan fingerprint density at radius 3 is 2.60 bits per heavy atom. The molecule has 0 unspecified atom stereocenters. The van der Waals surface area contributed by atoms with Crippen molar-refractivity contribution in [2.24, 2.45) is 0 Å². The van der Waals surface area contributed by atoms with Gasteiger partial charge in [0.2, 0.25) is 10.0 Å². The summed E-state index contributed by atoms with van der Waals surface area (Å²) in [5.74, 6) is -1.26. The maximum atomic E-state index is 12.7. The predicted molar refractivity (Wildman–Crippen MR) is 89.9 cm³/mol. The number of aliphatic carboxylic acids is 1. The molecule has 0 atom stereocenters. The van der Waals surface area contributed by atoms with Crippen LogP contribution in [0.2, 0.25) is 0 Å². The number of sulfonamides is 1. The molecular formula is C16H22N2O6S. The fourth-order valence-electron chi connectivity index (χ4n) is 2.51. The average molecular weight is 370 g/mol. The molecule has 0 radical (unpaired) electrons. The molecule has 1 fully saturated rings. The number of ether oxygens (including phenoxy) is 1. The number of carbonyl (C=O) groups excluding carboxylic acids is 1. The summed E-state index contributed by atoms with van der Waals surface area (Å²) in [6.07, 6.45) is 0.312. The van der Waals surface area contributed by atoms with E-state index in [4.69, 9.17) is 9.84 Å². The van der Waals surface area contributed by atoms with Crippen LogP contribution < -0.4 is 0 Å². The SMILES string of the molecule is CN(CCCC(=O)O)C(=O)c1cccc(S(=O)(=O)N2CCOCC2)c1. The van der Waals surface area contributed by atoms with Gasteiger partial charge < -0.3 is 14.7 Å². The molecule has 0 saturated carbocycles. The second-order valence-corrected chi connectivity index (χ2v) is 7.71. The van der Waals surface area contributed by atoms with Crippen LogP contribution in [-0.4, -0.2) is 74.5 Å². The van der Waals surface area contributed by atoms with E-state index >= 15 is 0 Å². The topological polar surface area (TPSA) is 104 Å². The largest absolute Gasteiger partial charge is 0.481 e. The Morgan fingerprint density at radius 1 is 1.28 bits per heavy atom. The van der Waals surface area contributed by atoms with Crippen molar-refractivity contribution in [1.29, 1.82) is 0 Å². The highest BCUT2D eigenvalue weighted by Crippen LogP contribution is 2.19. The molecule has 0 spiro atoms. The summed E-state index contributed by atoms with van der Waals surface area (Å²) in [5, 5.41) is 8.65. The molecule has 1 aromatic rings. The molecule has 1 heterocycles. The molecule has 9 heteroatoms. The van der Waals surface area contributed by atoms with Crippen molar-refractivity contribution >= 4 is 21.9 Å². The average Bonchev–Trinajstić information content (AvgIpc) is 2.61. The summed E-state index contributed by atoms with van der Waals surface area (Å²) in [6, 6.07) is 5.91. The van der Waals surface area contributed by atoms with Crippen molar-refractivity contribution in [3.63, 3.8) is 0 Å². The van der Waals surface area contributed by atoms with Crippen LogP contribution in [0.3, 0.4) is 0 Å². The zero-order valence-electron chi connectivity index (χ0n) is 14.1. The molecule has 2 rings (SSSR count). The van der Waals surface area contributed by atoms with Gasteiger partial charge in [0.15, 0.2) is 0 Å². The highest BCUT2D eigenvalue weighted by Gasteiger charge is 2.27. The lowest BCUT2D eigenvalue weighted by Gasteiger charge is -2.26. The zero-order valence-corrected chi connectivity index (χ0v) is 14.9. The zero-order chi connectivity index (χ0) is 18.4. The van der Waals surface area contributed by atoms with Crippen LogP contribution in [0.25, 0.3) is 0 Å². The number of carboxylic acid groups (broad SMARTS) is 1. The van der Waals surface area contributed by atoms with Gasteiger partial charge in [-0.25, -0.2) is 8.42 Å². The Labute approximate surface area is 147 Å². The molecule has 8 nitrogen and oxygen atoms in total. The number of rotatable bonds is 7. The predicted octanol–water partition coefficient (Wildman–Crippen LogP) is 0.644. The van der Waals surface area contributed by atoms with Gasteiger partial charge in [-0.15, -0.1) is 0 Å². The Balaban J connectivity index is 2.12. The molecule has 1 saturated heterocycles. The van der Waals surface area contributed by atoms with Crippen LogP contribution in [0.1, 0.15) is 23.2 Å². The van der Waals surface area contributed by atoms with E-state index in [-0.39, 0.29) is 42.4 Å². The molecule has 1 aromatic carbocycles. The fourth-order valence-corrected chi connectivity index (χ4v) is 3.97. The number of carboxylic acids is 1. The van der Waals surface area contributed by atoms with Crippen LogP contribution in [0.4, 0.5) is 0 Å². The Hall–Kier alpha value is -1.97. The standard InChI is InChI=1S/C16H22N2O6S/c1-17(7-3-6-15(19)20)16(21)13-4-2-5-14(12-13)25(22,23)18-8-10-24-11-9-18/h2,4-5,12H,3,6-11H2,1H3,(H,19,20). The minimum absolute atomic E-state index is 0.0247. The number of morpholine rings is 1. The number of benzene rings is 1. The highest BCUT2D eigenvalue weighted by molar-refractivity contribution is 7.89. The molecule has 1 amide bonds. The summed E-state index contributed by atoms with van der Waals surface area (Å²) in [6.45, 7) is 1.56. The third-order valence-corrected chi connectivity index (χ3v) is 5.81. The van der Waals surface area contributed by atoms with Crippen molar-refractivity contribution in [1.82, 2.24) is 9.21 Å². The van der Waals surface area contributed by atoms with E-state index in [2.05, 4.69) is 0 Å². The number of hydrogen-bond donors (Lipinski definition) is 1. The Bertz CT molecular complexity index is 728. The van der Waals surface area contributed by atoms with Gasteiger partial charge >= 0.3 is 5.97 Å². The molecule has 0 bridgehead atoms. The first-order valence-corrected chi connectivity index (χ1v) is 9.41. The number of nitrogens with zero attached hydrogens (tertiary/aromatic N) is 2. The van der Waals surface area contributed by atoms with E-state index in [1.165, 1.54) is 27.4 Å². The molecule has 0 aliphatic carbocycles. The van der Waals surface area contributed by atoms with Gasteiger partial charge in [0.1, 0.15) is 0 Å². The first-order chi connectivity index (χ1) is 11.8. The van der Waals surface area contributed by atoms with Gasteiger partial charge in [0.05, 0.1) is 18.1 Å². The van der Waals surface area contributed by atoms with Gasteiger partial charge in [-0.3, -0.25) is 9.59 Å². The highest BCUT2D eigenvalue weighted by atomic mass is 32.2. The van der Waals surface area contributed by atoms with E-state index in [9.17, 15) is 18.0 Å².